The van der Waals surface area contributed by atoms with E-state index in [1.165, 1.54) is 19.4 Å². The van der Waals surface area contributed by atoms with E-state index in [-0.39, 0.29) is 22.7 Å². The molecule has 1 aliphatic carbocycles. The highest BCUT2D eigenvalue weighted by Crippen LogP contribution is 2.38. The van der Waals surface area contributed by atoms with Crippen LogP contribution in [-0.2, 0) is 5.54 Å². The lowest BCUT2D eigenvalue weighted by Crippen LogP contribution is -2.61. The molecule has 2 heterocycles. The first-order valence-electron chi connectivity index (χ1n) is 12.7. The molecule has 10 heteroatoms. The van der Waals surface area contributed by atoms with Crippen molar-refractivity contribution in [2.75, 3.05) is 25.1 Å². The van der Waals surface area contributed by atoms with Gasteiger partial charge in [0.2, 0.25) is 5.89 Å². The van der Waals surface area contributed by atoms with E-state index in [1.54, 1.807) is 36.4 Å². The van der Waals surface area contributed by atoms with Crippen molar-refractivity contribution < 1.29 is 18.5 Å². The van der Waals surface area contributed by atoms with Gasteiger partial charge in [-0.3, -0.25) is 10.1 Å². The number of aromatic nitrogens is 1. The van der Waals surface area contributed by atoms with E-state index in [2.05, 4.69) is 15.2 Å². The molecule has 9 nitrogen and oxygen atoms in total. The Morgan fingerprint density at radius 1 is 1.22 bits per heavy atom. The first kappa shape index (κ1) is 25.2. The van der Waals surface area contributed by atoms with Crippen molar-refractivity contribution in [1.82, 2.24) is 10.3 Å². The van der Waals surface area contributed by atoms with Crippen LogP contribution in [-0.4, -0.2) is 42.2 Å². The molecule has 3 aromatic rings. The maximum Gasteiger partial charge on any atom is 0.269 e. The van der Waals surface area contributed by atoms with Gasteiger partial charge in [-0.15, -0.1) is 0 Å². The van der Waals surface area contributed by atoms with Crippen LogP contribution in [0.4, 0.5) is 15.8 Å². The van der Waals surface area contributed by atoms with E-state index >= 15 is 0 Å². The third kappa shape index (κ3) is 5.17. The van der Waals surface area contributed by atoms with Crippen molar-refractivity contribution in [2.24, 2.45) is 5.73 Å². The van der Waals surface area contributed by atoms with Crippen LogP contribution in [0.3, 0.4) is 0 Å². The number of nitrogens with one attached hydrogen (secondary N) is 1. The number of nitrogens with zero attached hydrogens (tertiary/aromatic N) is 3. The Balaban J connectivity index is 1.32. The molecule has 0 radical (unpaired) electrons. The van der Waals surface area contributed by atoms with Crippen molar-refractivity contribution in [3.63, 3.8) is 0 Å². The summed E-state index contributed by atoms with van der Waals surface area (Å²) in [5.74, 6) is 0.743. The Hall–Kier alpha value is -3.50. The number of oxazole rings is 1. The van der Waals surface area contributed by atoms with Gasteiger partial charge in [-0.05, 0) is 49.9 Å². The number of piperidine rings is 1. The molecule has 5 rings (SSSR count). The van der Waals surface area contributed by atoms with Crippen molar-refractivity contribution in [2.45, 2.75) is 56.1 Å². The molecule has 0 spiro atoms. The van der Waals surface area contributed by atoms with Gasteiger partial charge >= 0.3 is 0 Å². The molecule has 1 saturated heterocycles. The summed E-state index contributed by atoms with van der Waals surface area (Å²) in [7, 11) is 1.49. The summed E-state index contributed by atoms with van der Waals surface area (Å²) in [6, 6.07) is 11.5. The Morgan fingerprint density at radius 2 is 2.03 bits per heavy atom. The highest BCUT2D eigenvalue weighted by atomic mass is 19.1. The first-order chi connectivity index (χ1) is 17.9. The molecule has 2 fully saturated rings. The topological polar surface area (TPSA) is 120 Å². The summed E-state index contributed by atoms with van der Waals surface area (Å²) in [5.41, 5.74) is 7.56. The molecule has 2 aromatic carbocycles. The molecule has 1 saturated carbocycles. The summed E-state index contributed by atoms with van der Waals surface area (Å²) in [6.45, 7) is 1.67. The van der Waals surface area contributed by atoms with E-state index in [0.717, 1.165) is 50.9 Å². The summed E-state index contributed by atoms with van der Waals surface area (Å²) in [5, 5.41) is 14.8. The number of halogens is 1. The molecular formula is C27H32FN5O4. The molecule has 196 valence electrons. The number of hydrogen-bond acceptors (Lipinski definition) is 8. The minimum absolute atomic E-state index is 0.0460. The highest BCUT2D eigenvalue weighted by Gasteiger charge is 2.44. The standard InChI is InChI=1S/C27H32FN5O4/c1-36-21-11-12-22(23(28)15-21)24-16-30-26(37-24)27(29)13-3-2-6-25(27)31-18-5-4-14-32(17-18)19-7-9-20(10-8-19)33(34)35/h7-12,15-16,18,25,31H,2-6,13-14,17,29H2,1H3. The second-order valence-electron chi connectivity index (χ2n) is 9.94. The predicted molar refractivity (Wildman–Crippen MR) is 138 cm³/mol. The minimum atomic E-state index is -0.810. The molecule has 0 bridgehead atoms. The van der Waals surface area contributed by atoms with Gasteiger partial charge in [0.1, 0.15) is 17.1 Å². The number of nitro groups is 1. The number of rotatable bonds is 7. The van der Waals surface area contributed by atoms with Crippen LogP contribution < -0.4 is 20.7 Å². The number of hydrogen-bond donors (Lipinski definition) is 2. The third-order valence-corrected chi connectivity index (χ3v) is 7.58. The quantitative estimate of drug-likeness (QED) is 0.346. The van der Waals surface area contributed by atoms with Gasteiger partial charge < -0.3 is 25.1 Å². The van der Waals surface area contributed by atoms with Gasteiger partial charge in [0.05, 0.1) is 23.8 Å². The molecular weight excluding hydrogens is 477 g/mol. The molecule has 3 unspecified atom stereocenters. The van der Waals surface area contributed by atoms with Crippen LogP contribution >= 0.6 is 0 Å². The molecule has 1 aromatic heterocycles. The maximum absolute atomic E-state index is 14.6. The third-order valence-electron chi connectivity index (χ3n) is 7.58. The summed E-state index contributed by atoms with van der Waals surface area (Å²) in [6.07, 6.45) is 7.16. The lowest BCUT2D eigenvalue weighted by molar-refractivity contribution is -0.384. The fourth-order valence-corrected chi connectivity index (χ4v) is 5.54. The van der Waals surface area contributed by atoms with E-state index in [0.29, 0.717) is 29.4 Å². The van der Waals surface area contributed by atoms with Crippen LogP contribution in [0.25, 0.3) is 11.3 Å². The normalized spacial score (nSPS) is 24.1. The zero-order valence-electron chi connectivity index (χ0n) is 20.9. The maximum atomic E-state index is 14.6. The summed E-state index contributed by atoms with van der Waals surface area (Å²) >= 11 is 0. The van der Waals surface area contributed by atoms with E-state index < -0.39 is 11.4 Å². The average molecular weight is 510 g/mol. The Kier molecular flexibility index (Phi) is 7.12. The largest absolute Gasteiger partial charge is 0.497 e. The highest BCUT2D eigenvalue weighted by molar-refractivity contribution is 5.59. The summed E-state index contributed by atoms with van der Waals surface area (Å²) < 4.78 is 25.8. The molecule has 3 atom stereocenters. The fourth-order valence-electron chi connectivity index (χ4n) is 5.54. The minimum Gasteiger partial charge on any atom is -0.497 e. The number of ether oxygens (including phenoxy) is 1. The zero-order valence-corrected chi connectivity index (χ0v) is 20.9. The van der Waals surface area contributed by atoms with E-state index in [4.69, 9.17) is 14.9 Å². The average Bonchev–Trinajstić information content (AvgIpc) is 3.41. The van der Waals surface area contributed by atoms with Gasteiger partial charge in [0.15, 0.2) is 5.76 Å². The Morgan fingerprint density at radius 3 is 2.76 bits per heavy atom. The van der Waals surface area contributed by atoms with Gasteiger partial charge in [0, 0.05) is 49.1 Å². The van der Waals surface area contributed by atoms with Gasteiger partial charge in [-0.1, -0.05) is 12.8 Å². The molecule has 1 aliphatic heterocycles. The fraction of sp³-hybridized carbons (Fsp3) is 0.444. The van der Waals surface area contributed by atoms with Gasteiger partial charge in [-0.25, -0.2) is 9.37 Å². The van der Waals surface area contributed by atoms with Crippen molar-refractivity contribution in [1.29, 1.82) is 0 Å². The number of methoxy groups -OCH3 is 1. The monoisotopic (exact) mass is 509 g/mol. The first-order valence-corrected chi connectivity index (χ1v) is 12.7. The van der Waals surface area contributed by atoms with Crippen molar-refractivity contribution in [3.05, 3.63) is 70.5 Å². The summed E-state index contributed by atoms with van der Waals surface area (Å²) in [4.78, 5) is 17.4. The van der Waals surface area contributed by atoms with Gasteiger partial charge in [-0.2, -0.15) is 0 Å². The SMILES string of the molecule is COc1ccc(-c2cnc(C3(N)CCCCC3NC3CCCN(c4ccc([N+](=O)[O-])cc4)C3)o2)c(F)c1. The molecule has 2 aliphatic rings. The van der Waals surface area contributed by atoms with Gasteiger partial charge in [0.25, 0.3) is 5.69 Å². The number of nitro benzene ring substituents is 1. The Labute approximate surface area is 215 Å². The van der Waals surface area contributed by atoms with Crippen LogP contribution in [0.15, 0.2) is 53.1 Å². The number of non-ortho nitro benzene ring substituents is 1. The molecule has 37 heavy (non-hydrogen) atoms. The second-order valence-corrected chi connectivity index (χ2v) is 9.94. The van der Waals surface area contributed by atoms with E-state index in [1.807, 2.05) is 0 Å². The lowest BCUT2D eigenvalue weighted by Gasteiger charge is -2.43. The smallest absolute Gasteiger partial charge is 0.269 e. The number of nitrogens with two attached hydrogens (primary N) is 1. The number of benzene rings is 2. The lowest BCUT2D eigenvalue weighted by atomic mass is 9.77. The van der Waals surface area contributed by atoms with E-state index in [9.17, 15) is 14.5 Å². The second kappa shape index (κ2) is 10.5. The number of anilines is 1. The zero-order chi connectivity index (χ0) is 26.0. The molecule has 0 amide bonds. The van der Waals surface area contributed by atoms with Crippen molar-refractivity contribution >= 4 is 11.4 Å². The van der Waals surface area contributed by atoms with Crippen LogP contribution in [0.1, 0.15) is 44.4 Å². The molecule has 3 N–H and O–H groups in total. The van der Waals surface area contributed by atoms with Crippen LogP contribution in [0, 0.1) is 15.9 Å². The predicted octanol–water partition coefficient (Wildman–Crippen LogP) is 4.75. The van der Waals surface area contributed by atoms with Crippen LogP contribution in [0.5, 0.6) is 5.75 Å². The van der Waals surface area contributed by atoms with Crippen LogP contribution in [0.2, 0.25) is 0 Å². The Bertz CT molecular complexity index is 1250. The van der Waals surface area contributed by atoms with Crippen molar-refractivity contribution in [3.8, 4) is 17.1 Å².